The van der Waals surface area contributed by atoms with Crippen molar-refractivity contribution in [1.29, 1.82) is 0 Å². The number of carboxylic acid groups (broad SMARTS) is 1. The Kier molecular flexibility index (Phi) is 3.76. The van der Waals surface area contributed by atoms with Crippen molar-refractivity contribution in [3.63, 3.8) is 0 Å². The predicted molar refractivity (Wildman–Crippen MR) is 73.7 cm³/mol. The van der Waals surface area contributed by atoms with Crippen LogP contribution in [0.3, 0.4) is 0 Å². The molecule has 0 bridgehead atoms. The van der Waals surface area contributed by atoms with E-state index in [0.717, 1.165) is 11.3 Å². The zero-order valence-corrected chi connectivity index (χ0v) is 11.4. The molecule has 0 fully saturated rings. The highest BCUT2D eigenvalue weighted by molar-refractivity contribution is 6.33. The molecule has 0 aliphatic rings. The maximum absolute atomic E-state index is 11.1. The number of aryl methyl sites for hydroxylation is 2. The summed E-state index contributed by atoms with van der Waals surface area (Å²) in [5, 5.41) is 16.7. The van der Waals surface area contributed by atoms with Crippen LogP contribution in [0.15, 0.2) is 24.4 Å². The monoisotopic (exact) mass is 279 g/mol. The molecule has 0 aliphatic heterocycles. The number of benzene rings is 1. The fourth-order valence-corrected chi connectivity index (χ4v) is 2.10. The molecule has 19 heavy (non-hydrogen) atoms. The minimum atomic E-state index is -0.986. The number of rotatable bonds is 4. The molecule has 0 saturated heterocycles. The first-order valence-corrected chi connectivity index (χ1v) is 6.11. The van der Waals surface area contributed by atoms with E-state index in [1.165, 1.54) is 6.20 Å². The number of nitrogens with zero attached hydrogens (tertiary/aromatic N) is 2. The number of hydrogen-bond acceptors (Lipinski definition) is 3. The van der Waals surface area contributed by atoms with Crippen LogP contribution in [0, 0.1) is 6.92 Å². The summed E-state index contributed by atoms with van der Waals surface area (Å²) >= 11 is 6.11. The average Bonchev–Trinajstić information content (AvgIpc) is 2.70. The lowest BCUT2D eigenvalue weighted by atomic mass is 10.2. The summed E-state index contributed by atoms with van der Waals surface area (Å²) < 4.78 is 1.54. The highest BCUT2D eigenvalue weighted by atomic mass is 35.5. The Morgan fingerprint density at radius 1 is 1.53 bits per heavy atom. The minimum Gasteiger partial charge on any atom is -0.478 e. The van der Waals surface area contributed by atoms with Crippen LogP contribution in [-0.2, 0) is 13.6 Å². The Labute approximate surface area is 115 Å². The van der Waals surface area contributed by atoms with Crippen LogP contribution >= 0.6 is 11.6 Å². The van der Waals surface area contributed by atoms with Gasteiger partial charge in [0.15, 0.2) is 0 Å². The fraction of sp³-hybridized carbons (Fsp3) is 0.231. The van der Waals surface area contributed by atoms with Crippen molar-refractivity contribution in [3.05, 3.63) is 46.2 Å². The van der Waals surface area contributed by atoms with Crippen molar-refractivity contribution < 1.29 is 9.90 Å². The summed E-state index contributed by atoms with van der Waals surface area (Å²) in [5.41, 5.74) is 2.63. The summed E-state index contributed by atoms with van der Waals surface area (Å²) in [4.78, 5) is 11.1. The highest BCUT2D eigenvalue weighted by Gasteiger charge is 2.14. The molecule has 1 aromatic heterocycles. The van der Waals surface area contributed by atoms with E-state index in [-0.39, 0.29) is 5.56 Å². The first-order valence-electron chi connectivity index (χ1n) is 5.73. The van der Waals surface area contributed by atoms with E-state index in [0.29, 0.717) is 17.3 Å². The molecular weight excluding hydrogens is 266 g/mol. The Morgan fingerprint density at radius 3 is 2.89 bits per heavy atom. The number of aromatic nitrogens is 2. The maximum atomic E-state index is 11.1. The Bertz CT molecular complexity index is 622. The predicted octanol–water partition coefficient (Wildman–Crippen LogP) is 2.69. The minimum absolute atomic E-state index is 0.193. The van der Waals surface area contributed by atoms with Crippen LogP contribution in [0.4, 0.5) is 5.69 Å². The molecule has 0 atom stereocenters. The summed E-state index contributed by atoms with van der Waals surface area (Å²) in [6.07, 6.45) is 1.34. The van der Waals surface area contributed by atoms with Crippen molar-refractivity contribution in [3.8, 4) is 0 Å². The van der Waals surface area contributed by atoms with Crippen LogP contribution in [-0.4, -0.2) is 20.9 Å². The Morgan fingerprint density at radius 2 is 2.26 bits per heavy atom. The van der Waals surface area contributed by atoms with Gasteiger partial charge in [0.1, 0.15) is 5.56 Å². The van der Waals surface area contributed by atoms with Gasteiger partial charge in [0.25, 0.3) is 0 Å². The quantitative estimate of drug-likeness (QED) is 0.903. The second-order valence-corrected chi connectivity index (χ2v) is 4.68. The topological polar surface area (TPSA) is 67.2 Å². The van der Waals surface area contributed by atoms with Crippen molar-refractivity contribution in [2.75, 3.05) is 5.32 Å². The highest BCUT2D eigenvalue weighted by Crippen LogP contribution is 2.23. The first-order chi connectivity index (χ1) is 8.99. The zero-order chi connectivity index (χ0) is 14.0. The molecule has 0 spiro atoms. The third-order valence-corrected chi connectivity index (χ3v) is 3.18. The normalized spacial score (nSPS) is 10.5. The van der Waals surface area contributed by atoms with Crippen molar-refractivity contribution in [2.24, 2.45) is 7.05 Å². The van der Waals surface area contributed by atoms with E-state index < -0.39 is 5.97 Å². The van der Waals surface area contributed by atoms with Crippen molar-refractivity contribution >= 4 is 23.3 Å². The fourth-order valence-electron chi connectivity index (χ4n) is 1.79. The molecule has 2 N–H and O–H groups in total. The number of halogens is 1. The van der Waals surface area contributed by atoms with E-state index >= 15 is 0 Å². The van der Waals surface area contributed by atoms with Crippen LogP contribution in [0.1, 0.15) is 21.6 Å². The Balaban J connectivity index is 2.19. The molecule has 0 amide bonds. The van der Waals surface area contributed by atoms with Crippen LogP contribution in [0.5, 0.6) is 0 Å². The second kappa shape index (κ2) is 5.32. The number of hydrogen-bond donors (Lipinski definition) is 2. The molecule has 6 heteroatoms. The SMILES string of the molecule is Cc1ccc(NCc2c(C(=O)O)cnn2C)c(Cl)c1. The summed E-state index contributed by atoms with van der Waals surface area (Å²) in [6.45, 7) is 2.31. The summed E-state index contributed by atoms with van der Waals surface area (Å²) in [6, 6.07) is 5.66. The van der Waals surface area contributed by atoms with E-state index in [1.54, 1.807) is 11.7 Å². The van der Waals surface area contributed by atoms with Gasteiger partial charge in [-0.05, 0) is 24.6 Å². The largest absolute Gasteiger partial charge is 0.478 e. The number of carbonyl (C=O) groups is 1. The number of carboxylic acids is 1. The maximum Gasteiger partial charge on any atom is 0.339 e. The molecule has 2 rings (SSSR count). The number of nitrogens with one attached hydrogen (secondary N) is 1. The number of anilines is 1. The lowest BCUT2D eigenvalue weighted by Gasteiger charge is -2.10. The van der Waals surface area contributed by atoms with Crippen molar-refractivity contribution in [2.45, 2.75) is 13.5 Å². The lowest BCUT2D eigenvalue weighted by Crippen LogP contribution is -2.10. The molecule has 2 aromatic rings. The summed E-state index contributed by atoms with van der Waals surface area (Å²) in [5.74, 6) is -0.986. The van der Waals surface area contributed by atoms with Gasteiger partial charge in [-0.15, -0.1) is 0 Å². The first kappa shape index (κ1) is 13.4. The van der Waals surface area contributed by atoms with Gasteiger partial charge in [0.2, 0.25) is 0 Å². The van der Waals surface area contributed by atoms with Gasteiger partial charge in [-0.1, -0.05) is 17.7 Å². The van der Waals surface area contributed by atoms with Gasteiger partial charge in [0.05, 0.1) is 29.1 Å². The zero-order valence-electron chi connectivity index (χ0n) is 10.6. The third-order valence-electron chi connectivity index (χ3n) is 2.86. The van der Waals surface area contributed by atoms with Crippen LogP contribution in [0.2, 0.25) is 5.02 Å². The van der Waals surface area contributed by atoms with E-state index in [2.05, 4.69) is 10.4 Å². The molecule has 1 heterocycles. The van der Waals surface area contributed by atoms with Gasteiger partial charge in [-0.25, -0.2) is 4.79 Å². The van der Waals surface area contributed by atoms with E-state index in [4.69, 9.17) is 16.7 Å². The van der Waals surface area contributed by atoms with Crippen LogP contribution < -0.4 is 5.32 Å². The molecule has 0 unspecified atom stereocenters. The Hall–Kier alpha value is -2.01. The summed E-state index contributed by atoms with van der Waals surface area (Å²) in [7, 11) is 1.71. The van der Waals surface area contributed by atoms with Gasteiger partial charge >= 0.3 is 5.97 Å². The number of aromatic carboxylic acids is 1. The van der Waals surface area contributed by atoms with Gasteiger partial charge < -0.3 is 10.4 Å². The van der Waals surface area contributed by atoms with Crippen molar-refractivity contribution in [1.82, 2.24) is 9.78 Å². The molecule has 5 nitrogen and oxygen atoms in total. The van der Waals surface area contributed by atoms with E-state index in [9.17, 15) is 4.79 Å². The third kappa shape index (κ3) is 2.88. The molecule has 100 valence electrons. The standard InChI is InChI=1S/C13H14ClN3O2/c1-8-3-4-11(10(14)5-8)15-7-12-9(13(18)19)6-16-17(12)2/h3-6,15H,7H2,1-2H3,(H,18,19). The molecular formula is C13H14ClN3O2. The van der Waals surface area contributed by atoms with E-state index in [1.807, 2.05) is 25.1 Å². The van der Waals surface area contributed by atoms with Gasteiger partial charge in [-0.3, -0.25) is 4.68 Å². The average molecular weight is 280 g/mol. The molecule has 1 aromatic carbocycles. The molecule has 0 saturated carbocycles. The molecule has 0 radical (unpaired) electrons. The second-order valence-electron chi connectivity index (χ2n) is 4.27. The van der Waals surface area contributed by atoms with Gasteiger partial charge in [-0.2, -0.15) is 5.10 Å². The lowest BCUT2D eigenvalue weighted by molar-refractivity contribution is 0.0695. The van der Waals surface area contributed by atoms with Gasteiger partial charge in [0, 0.05) is 7.05 Å². The smallest absolute Gasteiger partial charge is 0.339 e. The van der Waals surface area contributed by atoms with Crippen LogP contribution in [0.25, 0.3) is 0 Å². The molecule has 0 aliphatic carbocycles.